The van der Waals surface area contributed by atoms with E-state index in [1.54, 1.807) is 0 Å². The fourth-order valence-electron chi connectivity index (χ4n) is 1.91. The third-order valence-corrected chi connectivity index (χ3v) is 3.19. The van der Waals surface area contributed by atoms with Crippen LogP contribution in [0.3, 0.4) is 0 Å². The van der Waals surface area contributed by atoms with Gasteiger partial charge in [-0.3, -0.25) is 4.79 Å². The number of carbonyl (C=O) groups excluding carboxylic acids is 1. The molecule has 2 atom stereocenters. The van der Waals surface area contributed by atoms with Gasteiger partial charge in [0.1, 0.15) is 5.78 Å². The molecule has 0 aromatic rings. The maximum atomic E-state index is 11.5. The molecule has 0 radical (unpaired) electrons. The predicted molar refractivity (Wildman–Crippen MR) is 51.0 cm³/mol. The molecule has 1 fully saturated rings. The van der Waals surface area contributed by atoms with E-state index in [9.17, 15) is 4.79 Å². The topological polar surface area (TPSA) is 17.1 Å². The van der Waals surface area contributed by atoms with Crippen molar-refractivity contribution in [2.24, 2.45) is 11.8 Å². The minimum absolute atomic E-state index is 0.308. The zero-order valence-electron chi connectivity index (χ0n) is 8.31. The summed E-state index contributed by atoms with van der Waals surface area (Å²) in [5.41, 5.74) is 0. The molecule has 12 heavy (non-hydrogen) atoms. The Morgan fingerprint density at radius 3 is 2.50 bits per heavy atom. The lowest BCUT2D eigenvalue weighted by atomic mass is 9.88. The normalized spacial score (nSPS) is 33.7. The van der Waals surface area contributed by atoms with Gasteiger partial charge in [-0.15, -0.1) is 0 Å². The summed E-state index contributed by atoms with van der Waals surface area (Å²) < 4.78 is 0. The Kier molecular flexibility index (Phi) is 3.77. The van der Waals surface area contributed by atoms with Gasteiger partial charge in [0.25, 0.3) is 0 Å². The smallest absolute Gasteiger partial charge is 0.135 e. The summed E-state index contributed by atoms with van der Waals surface area (Å²) in [7, 11) is 0. The molecule has 1 rings (SSSR count). The van der Waals surface area contributed by atoms with Crippen molar-refractivity contribution in [1.29, 1.82) is 0 Å². The van der Waals surface area contributed by atoms with Crippen molar-refractivity contribution in [2.45, 2.75) is 52.4 Å². The van der Waals surface area contributed by atoms with E-state index in [2.05, 4.69) is 13.8 Å². The average molecular weight is 168 g/mol. The van der Waals surface area contributed by atoms with Crippen molar-refractivity contribution < 1.29 is 4.79 Å². The van der Waals surface area contributed by atoms with E-state index in [0.717, 1.165) is 12.8 Å². The molecule has 0 N–H and O–H groups in total. The SMILES string of the molecule is CC1CCCCCCC(=O)C1C. The molecule has 1 saturated carbocycles. The van der Waals surface area contributed by atoms with Crippen molar-refractivity contribution in [3.63, 3.8) is 0 Å². The largest absolute Gasteiger partial charge is 0.299 e. The Hall–Kier alpha value is -0.330. The summed E-state index contributed by atoms with van der Waals surface area (Å²) in [6, 6.07) is 0. The van der Waals surface area contributed by atoms with Gasteiger partial charge in [-0.05, 0) is 12.3 Å². The van der Waals surface area contributed by atoms with E-state index in [1.165, 1.54) is 25.7 Å². The van der Waals surface area contributed by atoms with Crippen LogP contribution in [0.15, 0.2) is 0 Å². The van der Waals surface area contributed by atoms with Crippen molar-refractivity contribution in [2.75, 3.05) is 0 Å². The molecule has 0 bridgehead atoms. The van der Waals surface area contributed by atoms with Gasteiger partial charge in [-0.2, -0.15) is 0 Å². The first-order valence-corrected chi connectivity index (χ1v) is 5.24. The van der Waals surface area contributed by atoms with Crippen LogP contribution in [0.25, 0.3) is 0 Å². The zero-order chi connectivity index (χ0) is 8.97. The van der Waals surface area contributed by atoms with Gasteiger partial charge in [-0.1, -0.05) is 39.5 Å². The minimum atomic E-state index is 0.308. The summed E-state index contributed by atoms with van der Waals surface area (Å²) in [5.74, 6) is 1.41. The lowest BCUT2D eigenvalue weighted by Crippen LogP contribution is -2.17. The lowest BCUT2D eigenvalue weighted by molar-refractivity contribution is -0.123. The second-order valence-corrected chi connectivity index (χ2v) is 4.19. The van der Waals surface area contributed by atoms with Crippen LogP contribution in [0.1, 0.15) is 52.4 Å². The summed E-state index contributed by atoms with van der Waals surface area (Å²) in [6.45, 7) is 4.31. The van der Waals surface area contributed by atoms with Gasteiger partial charge in [0.2, 0.25) is 0 Å². The first-order valence-electron chi connectivity index (χ1n) is 5.24. The average Bonchev–Trinajstić information content (AvgIpc) is 2.12. The predicted octanol–water partition coefficient (Wildman–Crippen LogP) is 3.18. The monoisotopic (exact) mass is 168 g/mol. The molecule has 1 heteroatoms. The maximum Gasteiger partial charge on any atom is 0.135 e. The highest BCUT2D eigenvalue weighted by atomic mass is 16.1. The van der Waals surface area contributed by atoms with Gasteiger partial charge in [0.05, 0.1) is 0 Å². The van der Waals surface area contributed by atoms with Crippen LogP contribution >= 0.6 is 0 Å². The molecule has 1 aliphatic carbocycles. The highest BCUT2D eigenvalue weighted by Gasteiger charge is 2.20. The van der Waals surface area contributed by atoms with E-state index < -0.39 is 0 Å². The van der Waals surface area contributed by atoms with Crippen molar-refractivity contribution in [3.8, 4) is 0 Å². The quantitative estimate of drug-likeness (QED) is 0.543. The fourth-order valence-corrected chi connectivity index (χ4v) is 1.91. The van der Waals surface area contributed by atoms with Gasteiger partial charge in [-0.25, -0.2) is 0 Å². The van der Waals surface area contributed by atoms with E-state index in [1.807, 2.05) is 0 Å². The van der Waals surface area contributed by atoms with Crippen molar-refractivity contribution in [1.82, 2.24) is 0 Å². The number of ketones is 1. The van der Waals surface area contributed by atoms with Crippen LogP contribution < -0.4 is 0 Å². The molecule has 0 aromatic carbocycles. The van der Waals surface area contributed by atoms with Crippen LogP contribution in [-0.4, -0.2) is 5.78 Å². The number of Topliss-reactive ketones (excluding diaryl/α,β-unsaturated/α-hetero) is 1. The second-order valence-electron chi connectivity index (χ2n) is 4.19. The summed E-state index contributed by atoms with van der Waals surface area (Å²) in [4.78, 5) is 11.5. The Bertz CT molecular complexity index is 151. The van der Waals surface area contributed by atoms with Gasteiger partial charge >= 0.3 is 0 Å². The van der Waals surface area contributed by atoms with Crippen LogP contribution in [-0.2, 0) is 4.79 Å². The Labute approximate surface area is 75.5 Å². The highest BCUT2D eigenvalue weighted by molar-refractivity contribution is 5.80. The van der Waals surface area contributed by atoms with Crippen LogP contribution in [0.2, 0.25) is 0 Å². The molecular weight excluding hydrogens is 148 g/mol. The molecule has 0 amide bonds. The molecular formula is C11H20O. The van der Waals surface area contributed by atoms with Crippen LogP contribution in [0, 0.1) is 11.8 Å². The third kappa shape index (κ3) is 2.62. The zero-order valence-corrected chi connectivity index (χ0v) is 8.31. The standard InChI is InChI=1S/C11H20O/c1-9-7-5-3-4-6-8-11(12)10(9)2/h9-10H,3-8H2,1-2H3. The summed E-state index contributed by atoms with van der Waals surface area (Å²) in [5, 5.41) is 0. The highest BCUT2D eigenvalue weighted by Crippen LogP contribution is 2.23. The van der Waals surface area contributed by atoms with Crippen LogP contribution in [0.5, 0.6) is 0 Å². The number of hydrogen-bond acceptors (Lipinski definition) is 1. The molecule has 2 unspecified atom stereocenters. The van der Waals surface area contributed by atoms with Crippen molar-refractivity contribution in [3.05, 3.63) is 0 Å². The molecule has 1 aliphatic rings. The van der Waals surface area contributed by atoms with Gasteiger partial charge < -0.3 is 0 Å². The molecule has 0 spiro atoms. The molecule has 1 nitrogen and oxygen atoms in total. The molecule has 0 aliphatic heterocycles. The first kappa shape index (κ1) is 9.76. The maximum absolute atomic E-state index is 11.5. The lowest BCUT2D eigenvalue weighted by Gasteiger charge is -2.16. The van der Waals surface area contributed by atoms with E-state index in [4.69, 9.17) is 0 Å². The van der Waals surface area contributed by atoms with Gasteiger partial charge in [0, 0.05) is 12.3 Å². The number of hydrogen-bond donors (Lipinski definition) is 0. The summed E-state index contributed by atoms with van der Waals surface area (Å²) in [6.07, 6.45) is 7.09. The Morgan fingerprint density at radius 2 is 1.75 bits per heavy atom. The first-order chi connectivity index (χ1) is 5.72. The van der Waals surface area contributed by atoms with Gasteiger partial charge in [0.15, 0.2) is 0 Å². The van der Waals surface area contributed by atoms with E-state index in [-0.39, 0.29) is 0 Å². The van der Waals surface area contributed by atoms with Crippen molar-refractivity contribution >= 4 is 5.78 Å². The molecule has 0 heterocycles. The number of carbonyl (C=O) groups is 1. The Balaban J connectivity index is 2.50. The Morgan fingerprint density at radius 1 is 1.08 bits per heavy atom. The fraction of sp³-hybridized carbons (Fsp3) is 0.909. The molecule has 0 saturated heterocycles. The number of rotatable bonds is 0. The molecule has 0 aromatic heterocycles. The van der Waals surface area contributed by atoms with E-state index in [0.29, 0.717) is 17.6 Å². The molecule has 70 valence electrons. The third-order valence-electron chi connectivity index (χ3n) is 3.19. The van der Waals surface area contributed by atoms with E-state index >= 15 is 0 Å². The van der Waals surface area contributed by atoms with Crippen LogP contribution in [0.4, 0.5) is 0 Å². The summed E-state index contributed by atoms with van der Waals surface area (Å²) >= 11 is 0. The second kappa shape index (κ2) is 4.64. The minimum Gasteiger partial charge on any atom is -0.299 e.